The molecular formula is C12H17NO. The highest BCUT2D eigenvalue weighted by atomic mass is 16.5. The van der Waals surface area contributed by atoms with E-state index in [2.05, 4.69) is 18.2 Å². The molecule has 0 amide bonds. The van der Waals surface area contributed by atoms with Crippen molar-refractivity contribution in [1.82, 2.24) is 0 Å². The van der Waals surface area contributed by atoms with E-state index in [-0.39, 0.29) is 0 Å². The standard InChI is InChI=1S/C12H17NO/c13-8-2-1-4-10-5-3-6-11-7-9-14-12(10)11/h3,5-6H,1-2,4,7-9,13H2. The van der Waals surface area contributed by atoms with Gasteiger partial charge in [-0.25, -0.2) is 0 Å². The molecule has 0 saturated heterocycles. The molecule has 0 radical (unpaired) electrons. The lowest BCUT2D eigenvalue weighted by atomic mass is 10.0. The third kappa shape index (κ3) is 1.90. The lowest BCUT2D eigenvalue weighted by Gasteiger charge is -2.06. The Kier molecular flexibility index (Phi) is 3.04. The van der Waals surface area contributed by atoms with Crippen molar-refractivity contribution in [2.45, 2.75) is 25.7 Å². The Morgan fingerprint density at radius 1 is 1.29 bits per heavy atom. The second-order valence-electron chi connectivity index (χ2n) is 3.75. The van der Waals surface area contributed by atoms with Gasteiger partial charge in [0.25, 0.3) is 0 Å². The fraction of sp³-hybridized carbons (Fsp3) is 0.500. The lowest BCUT2D eigenvalue weighted by molar-refractivity contribution is 0.353. The minimum absolute atomic E-state index is 0.788. The van der Waals surface area contributed by atoms with Gasteiger partial charge in [-0.05, 0) is 36.9 Å². The topological polar surface area (TPSA) is 35.2 Å². The number of unbranched alkanes of at least 4 members (excludes halogenated alkanes) is 1. The molecule has 2 N–H and O–H groups in total. The predicted molar refractivity (Wildman–Crippen MR) is 57.6 cm³/mol. The number of para-hydroxylation sites is 1. The Bertz CT molecular complexity index is 309. The van der Waals surface area contributed by atoms with Crippen LogP contribution in [0.1, 0.15) is 24.0 Å². The van der Waals surface area contributed by atoms with E-state index >= 15 is 0 Å². The summed E-state index contributed by atoms with van der Waals surface area (Å²) < 4.78 is 5.63. The molecule has 2 nitrogen and oxygen atoms in total. The molecule has 0 atom stereocenters. The van der Waals surface area contributed by atoms with Gasteiger partial charge in [0.2, 0.25) is 0 Å². The van der Waals surface area contributed by atoms with Gasteiger partial charge in [0.1, 0.15) is 5.75 Å². The fourth-order valence-electron chi connectivity index (χ4n) is 1.94. The maximum Gasteiger partial charge on any atom is 0.125 e. The van der Waals surface area contributed by atoms with Crippen molar-refractivity contribution in [3.05, 3.63) is 29.3 Å². The van der Waals surface area contributed by atoms with Crippen molar-refractivity contribution in [3.63, 3.8) is 0 Å². The molecule has 0 aliphatic carbocycles. The zero-order chi connectivity index (χ0) is 9.80. The molecule has 0 spiro atoms. The number of nitrogens with two attached hydrogens (primary N) is 1. The van der Waals surface area contributed by atoms with Gasteiger partial charge in [0.05, 0.1) is 6.61 Å². The van der Waals surface area contributed by atoms with Crippen molar-refractivity contribution >= 4 is 0 Å². The number of rotatable bonds is 4. The summed E-state index contributed by atoms with van der Waals surface area (Å²) in [5.74, 6) is 1.14. The van der Waals surface area contributed by atoms with Gasteiger partial charge in [0, 0.05) is 6.42 Å². The Morgan fingerprint density at radius 3 is 3.07 bits per heavy atom. The Balaban J connectivity index is 2.06. The quantitative estimate of drug-likeness (QED) is 0.738. The number of ether oxygens (including phenoxy) is 1. The van der Waals surface area contributed by atoms with E-state index < -0.39 is 0 Å². The third-order valence-corrected chi connectivity index (χ3v) is 2.70. The van der Waals surface area contributed by atoms with Crippen LogP contribution in [0.15, 0.2) is 18.2 Å². The molecule has 2 heteroatoms. The van der Waals surface area contributed by atoms with Crippen molar-refractivity contribution < 1.29 is 4.74 Å². The average molecular weight is 191 g/mol. The predicted octanol–water partition coefficient (Wildman–Crippen LogP) is 1.90. The Labute approximate surface area is 85.1 Å². The van der Waals surface area contributed by atoms with Crippen LogP contribution >= 0.6 is 0 Å². The number of hydrogen-bond acceptors (Lipinski definition) is 2. The van der Waals surface area contributed by atoms with Crippen LogP contribution in [0.25, 0.3) is 0 Å². The second-order valence-corrected chi connectivity index (χ2v) is 3.75. The highest BCUT2D eigenvalue weighted by Gasteiger charge is 2.14. The molecule has 14 heavy (non-hydrogen) atoms. The van der Waals surface area contributed by atoms with E-state index in [1.165, 1.54) is 11.1 Å². The molecule has 1 aromatic carbocycles. The smallest absolute Gasteiger partial charge is 0.125 e. The maximum absolute atomic E-state index is 5.63. The zero-order valence-electron chi connectivity index (χ0n) is 8.46. The van der Waals surface area contributed by atoms with Crippen molar-refractivity contribution in [1.29, 1.82) is 0 Å². The average Bonchev–Trinajstić information content (AvgIpc) is 2.67. The monoisotopic (exact) mass is 191 g/mol. The molecular weight excluding hydrogens is 174 g/mol. The molecule has 0 aromatic heterocycles. The summed E-state index contributed by atoms with van der Waals surface area (Å²) in [6.45, 7) is 1.64. The van der Waals surface area contributed by atoms with E-state index in [1.54, 1.807) is 0 Å². The summed E-state index contributed by atoms with van der Waals surface area (Å²) >= 11 is 0. The van der Waals surface area contributed by atoms with Crippen LogP contribution in [0.3, 0.4) is 0 Å². The zero-order valence-corrected chi connectivity index (χ0v) is 8.46. The van der Waals surface area contributed by atoms with Crippen molar-refractivity contribution in [3.8, 4) is 5.75 Å². The summed E-state index contributed by atoms with van der Waals surface area (Å²) in [5.41, 5.74) is 8.20. The summed E-state index contributed by atoms with van der Waals surface area (Å²) in [4.78, 5) is 0. The molecule has 1 heterocycles. The van der Waals surface area contributed by atoms with E-state index in [0.29, 0.717) is 0 Å². The molecule has 0 saturated carbocycles. The second kappa shape index (κ2) is 4.47. The molecule has 0 unspecified atom stereocenters. The molecule has 1 aliphatic rings. The van der Waals surface area contributed by atoms with Crippen LogP contribution in [0.5, 0.6) is 5.75 Å². The molecule has 1 aromatic rings. The van der Waals surface area contributed by atoms with Gasteiger partial charge >= 0.3 is 0 Å². The largest absolute Gasteiger partial charge is 0.493 e. The van der Waals surface area contributed by atoms with Gasteiger partial charge in [-0.15, -0.1) is 0 Å². The molecule has 1 aliphatic heterocycles. The molecule has 76 valence electrons. The van der Waals surface area contributed by atoms with Crippen LogP contribution < -0.4 is 10.5 Å². The summed E-state index contributed by atoms with van der Waals surface area (Å²) in [6.07, 6.45) is 4.43. The van der Waals surface area contributed by atoms with E-state index in [1.807, 2.05) is 0 Å². The first-order chi connectivity index (χ1) is 6.92. The first-order valence-electron chi connectivity index (χ1n) is 5.35. The molecule has 0 fully saturated rings. The van der Waals surface area contributed by atoms with Crippen molar-refractivity contribution in [2.75, 3.05) is 13.2 Å². The van der Waals surface area contributed by atoms with Crippen LogP contribution in [-0.4, -0.2) is 13.2 Å². The SMILES string of the molecule is NCCCCc1cccc2c1OCC2. The van der Waals surface area contributed by atoms with Crippen LogP contribution in [0, 0.1) is 0 Å². The summed E-state index contributed by atoms with van der Waals surface area (Å²) in [6, 6.07) is 6.46. The first-order valence-corrected chi connectivity index (χ1v) is 5.35. The number of hydrogen-bond donors (Lipinski definition) is 1. The third-order valence-electron chi connectivity index (χ3n) is 2.70. The number of aryl methyl sites for hydroxylation is 1. The minimum Gasteiger partial charge on any atom is -0.493 e. The lowest BCUT2D eigenvalue weighted by Crippen LogP contribution is -1.99. The van der Waals surface area contributed by atoms with Crippen LogP contribution in [-0.2, 0) is 12.8 Å². The first kappa shape index (κ1) is 9.53. The molecule has 2 rings (SSSR count). The Morgan fingerprint density at radius 2 is 2.21 bits per heavy atom. The summed E-state index contributed by atoms with van der Waals surface area (Å²) in [7, 11) is 0. The molecule has 0 bridgehead atoms. The summed E-state index contributed by atoms with van der Waals surface area (Å²) in [5, 5.41) is 0. The number of fused-ring (bicyclic) bond motifs is 1. The van der Waals surface area contributed by atoms with Gasteiger partial charge in [-0.2, -0.15) is 0 Å². The van der Waals surface area contributed by atoms with Gasteiger partial charge < -0.3 is 10.5 Å². The maximum atomic E-state index is 5.63. The van der Waals surface area contributed by atoms with E-state index in [9.17, 15) is 0 Å². The van der Waals surface area contributed by atoms with Gasteiger partial charge in [0.15, 0.2) is 0 Å². The highest BCUT2D eigenvalue weighted by molar-refractivity contribution is 5.43. The normalized spacial score (nSPS) is 13.8. The van der Waals surface area contributed by atoms with E-state index in [4.69, 9.17) is 10.5 Å². The van der Waals surface area contributed by atoms with Crippen LogP contribution in [0.4, 0.5) is 0 Å². The number of benzene rings is 1. The minimum atomic E-state index is 0.788. The van der Waals surface area contributed by atoms with Crippen molar-refractivity contribution in [2.24, 2.45) is 5.73 Å². The highest BCUT2D eigenvalue weighted by Crippen LogP contribution is 2.30. The van der Waals surface area contributed by atoms with Crippen LogP contribution in [0.2, 0.25) is 0 Å². The van der Waals surface area contributed by atoms with Gasteiger partial charge in [-0.1, -0.05) is 18.2 Å². The van der Waals surface area contributed by atoms with Gasteiger partial charge in [-0.3, -0.25) is 0 Å². The Hall–Kier alpha value is -1.02. The fourth-order valence-corrected chi connectivity index (χ4v) is 1.94. The van der Waals surface area contributed by atoms with E-state index in [0.717, 1.165) is 44.6 Å².